The number of benzene rings is 2. The summed E-state index contributed by atoms with van der Waals surface area (Å²) < 4.78 is 11.5. The van der Waals surface area contributed by atoms with Crippen LogP contribution < -0.4 is 9.47 Å². The van der Waals surface area contributed by atoms with E-state index in [9.17, 15) is 0 Å². The Balaban J connectivity index is 1.18. The molecule has 0 saturated heterocycles. The zero-order valence-electron chi connectivity index (χ0n) is 23.7. The summed E-state index contributed by atoms with van der Waals surface area (Å²) in [5, 5.41) is 0. The fourth-order valence-corrected chi connectivity index (χ4v) is 12.6. The molecule has 2 heteroatoms. The molecule has 5 unspecified atom stereocenters. The topological polar surface area (TPSA) is 18.5 Å². The summed E-state index contributed by atoms with van der Waals surface area (Å²) in [6, 6.07) is 18.4. The zero-order chi connectivity index (χ0) is 27.0. The van der Waals surface area contributed by atoms with Gasteiger partial charge < -0.3 is 9.47 Å². The van der Waals surface area contributed by atoms with E-state index in [1.807, 2.05) is 0 Å². The highest BCUT2D eigenvalue weighted by Crippen LogP contribution is 2.76. The second kappa shape index (κ2) is 9.08. The van der Waals surface area contributed by atoms with E-state index in [-0.39, 0.29) is 0 Å². The normalized spacial score (nSPS) is 41.9. The average Bonchev–Trinajstić information content (AvgIpc) is 2.94. The van der Waals surface area contributed by atoms with Crippen LogP contribution in [-0.2, 0) is 10.8 Å². The third kappa shape index (κ3) is 3.71. The lowest BCUT2D eigenvalue weighted by Gasteiger charge is -2.72. The first-order chi connectivity index (χ1) is 19.5. The van der Waals surface area contributed by atoms with Gasteiger partial charge in [-0.1, -0.05) is 36.1 Å². The van der Waals surface area contributed by atoms with Crippen molar-refractivity contribution in [2.45, 2.75) is 81.5 Å². The van der Waals surface area contributed by atoms with E-state index < -0.39 is 0 Å². The molecule has 0 aliphatic heterocycles. The maximum atomic E-state index is 5.79. The summed E-state index contributed by atoms with van der Waals surface area (Å²) in [5.41, 5.74) is 4.30. The predicted octanol–water partition coefficient (Wildman–Crippen LogP) is 7.94. The smallest absolute Gasteiger partial charge is 0.148 e. The third-order valence-corrected chi connectivity index (χ3v) is 12.6. The quantitative estimate of drug-likeness (QED) is 0.338. The minimum Gasteiger partial charge on any atom is -0.481 e. The average molecular weight is 531 g/mol. The molecule has 40 heavy (non-hydrogen) atoms. The fourth-order valence-electron chi connectivity index (χ4n) is 12.6. The third-order valence-electron chi connectivity index (χ3n) is 12.6. The molecule has 0 N–H and O–H groups in total. The lowest BCUT2D eigenvalue weighted by molar-refractivity contribution is -0.186. The molecular formula is C38H42O2. The fraction of sp³-hybridized carbons (Fsp3) is 0.579. The van der Waals surface area contributed by atoms with E-state index in [2.05, 4.69) is 60.4 Å². The van der Waals surface area contributed by atoms with Gasteiger partial charge in [-0.25, -0.2) is 0 Å². The van der Waals surface area contributed by atoms with Crippen LogP contribution in [0.2, 0.25) is 0 Å². The van der Waals surface area contributed by atoms with Gasteiger partial charge in [-0.3, -0.25) is 0 Å². The van der Waals surface area contributed by atoms with E-state index in [0.717, 1.165) is 47.0 Å². The molecule has 8 fully saturated rings. The number of hydrogen-bond acceptors (Lipinski definition) is 2. The van der Waals surface area contributed by atoms with Gasteiger partial charge in [0.2, 0.25) is 0 Å². The van der Waals surface area contributed by atoms with E-state index in [0.29, 0.717) is 29.5 Å². The summed E-state index contributed by atoms with van der Waals surface area (Å²) in [7, 11) is 0. The molecule has 8 aliphatic carbocycles. The van der Waals surface area contributed by atoms with Crippen LogP contribution in [0.3, 0.4) is 0 Å². The van der Waals surface area contributed by atoms with Gasteiger partial charge in [0.25, 0.3) is 0 Å². The van der Waals surface area contributed by atoms with Crippen LogP contribution in [0.15, 0.2) is 48.5 Å². The number of hydrogen-bond donors (Lipinski definition) is 0. The highest BCUT2D eigenvalue weighted by Gasteiger charge is 2.68. The summed E-state index contributed by atoms with van der Waals surface area (Å²) in [4.78, 5) is 0. The van der Waals surface area contributed by atoms with Gasteiger partial charge in [0.1, 0.15) is 24.7 Å². The maximum Gasteiger partial charge on any atom is 0.148 e. The van der Waals surface area contributed by atoms with Crippen LogP contribution in [-0.4, -0.2) is 13.2 Å². The Morgan fingerprint density at radius 3 is 1.70 bits per heavy atom. The van der Waals surface area contributed by atoms with Crippen molar-refractivity contribution in [3.05, 3.63) is 59.7 Å². The van der Waals surface area contributed by atoms with Crippen LogP contribution in [0.5, 0.6) is 11.5 Å². The highest BCUT2D eigenvalue weighted by molar-refractivity contribution is 5.40. The van der Waals surface area contributed by atoms with Crippen molar-refractivity contribution in [3.63, 3.8) is 0 Å². The van der Waals surface area contributed by atoms with Crippen molar-refractivity contribution in [3.8, 4) is 36.2 Å². The SMILES string of the molecule is C#CCOc1ccc(C23CC4CC(C2)CC(C2C5CC6CC(C5)CC2(c2ccc(OCC#C)cc2)C6)(C4)C3)cc1. The molecule has 2 aromatic carbocycles. The minimum absolute atomic E-state index is 0.331. The Labute approximate surface area is 240 Å². The van der Waals surface area contributed by atoms with Crippen molar-refractivity contribution < 1.29 is 9.47 Å². The number of rotatable bonds is 7. The van der Waals surface area contributed by atoms with Crippen LogP contribution >= 0.6 is 0 Å². The number of ether oxygens (including phenoxy) is 2. The van der Waals surface area contributed by atoms with Gasteiger partial charge in [0.15, 0.2) is 0 Å². The lowest BCUT2D eigenvalue weighted by Crippen LogP contribution is -2.65. The van der Waals surface area contributed by atoms with Crippen molar-refractivity contribution in [2.75, 3.05) is 13.2 Å². The minimum atomic E-state index is 0.331. The lowest BCUT2D eigenvalue weighted by atomic mass is 9.32. The van der Waals surface area contributed by atoms with Crippen molar-refractivity contribution in [1.29, 1.82) is 0 Å². The van der Waals surface area contributed by atoms with Gasteiger partial charge in [0.05, 0.1) is 0 Å². The van der Waals surface area contributed by atoms with Gasteiger partial charge in [-0.15, -0.1) is 12.8 Å². The summed E-state index contributed by atoms with van der Waals surface area (Å²) >= 11 is 0. The molecule has 8 aliphatic rings. The molecule has 8 bridgehead atoms. The molecular weight excluding hydrogens is 488 g/mol. The second-order valence-electron chi connectivity index (χ2n) is 14.9. The Morgan fingerprint density at radius 1 is 0.625 bits per heavy atom. The Hall–Kier alpha value is -2.84. The molecule has 10 rings (SSSR count). The zero-order valence-corrected chi connectivity index (χ0v) is 23.7. The van der Waals surface area contributed by atoms with Crippen molar-refractivity contribution in [1.82, 2.24) is 0 Å². The Kier molecular flexibility index (Phi) is 5.66. The van der Waals surface area contributed by atoms with Crippen molar-refractivity contribution >= 4 is 0 Å². The molecule has 0 aromatic heterocycles. The van der Waals surface area contributed by atoms with E-state index in [4.69, 9.17) is 22.3 Å². The molecule has 0 radical (unpaired) electrons. The number of terminal acetylenes is 2. The second-order valence-corrected chi connectivity index (χ2v) is 14.9. The standard InChI is InChI=1S/C38H42O2/c1-3-13-39-33-9-5-31(6-10-33)36-19-28-16-29(20-36)22-37(21-28,25-36)35-30-17-26-15-27(18-30)24-38(35,23-26)32-7-11-34(12-8-32)40-14-4-2/h1-2,5-12,26-30,35H,13-25H2. The predicted molar refractivity (Wildman–Crippen MR) is 159 cm³/mol. The van der Waals surface area contributed by atoms with E-state index in [1.54, 1.807) is 11.1 Å². The molecule has 0 heterocycles. The van der Waals surface area contributed by atoms with Crippen LogP contribution in [0.25, 0.3) is 0 Å². The first-order valence-electron chi connectivity index (χ1n) is 15.9. The van der Waals surface area contributed by atoms with E-state index in [1.165, 1.54) is 70.6 Å². The first kappa shape index (κ1) is 24.9. The molecule has 8 saturated carbocycles. The van der Waals surface area contributed by atoms with Gasteiger partial charge in [-0.2, -0.15) is 0 Å². The summed E-state index contributed by atoms with van der Waals surface area (Å²) in [5.74, 6) is 12.3. The van der Waals surface area contributed by atoms with Gasteiger partial charge >= 0.3 is 0 Å². The summed E-state index contributed by atoms with van der Waals surface area (Å²) in [6.07, 6.45) is 26.7. The first-order valence-corrected chi connectivity index (χ1v) is 15.9. The molecule has 2 nitrogen and oxygen atoms in total. The Bertz CT molecular complexity index is 1330. The highest BCUT2D eigenvalue weighted by atomic mass is 16.5. The van der Waals surface area contributed by atoms with Gasteiger partial charge in [0, 0.05) is 0 Å². The van der Waals surface area contributed by atoms with Crippen LogP contribution in [0.4, 0.5) is 0 Å². The molecule has 5 atom stereocenters. The Morgan fingerprint density at radius 2 is 1.15 bits per heavy atom. The molecule has 0 amide bonds. The molecule has 2 aromatic rings. The van der Waals surface area contributed by atoms with E-state index >= 15 is 0 Å². The monoisotopic (exact) mass is 530 g/mol. The summed E-state index contributed by atoms with van der Waals surface area (Å²) in [6.45, 7) is 0.673. The van der Waals surface area contributed by atoms with Gasteiger partial charge in [-0.05, 0) is 158 Å². The van der Waals surface area contributed by atoms with Crippen LogP contribution in [0.1, 0.15) is 81.8 Å². The van der Waals surface area contributed by atoms with Crippen molar-refractivity contribution in [2.24, 2.45) is 40.9 Å². The van der Waals surface area contributed by atoms with Crippen LogP contribution in [0, 0.1) is 65.6 Å². The maximum absolute atomic E-state index is 5.79. The molecule has 206 valence electrons. The largest absolute Gasteiger partial charge is 0.481 e. The molecule has 0 spiro atoms.